The Hall–Kier alpha value is -3.50. The number of rotatable bonds is 7. The van der Waals surface area contributed by atoms with Crippen LogP contribution >= 0.6 is 22.9 Å². The monoisotopic (exact) mass is 581 g/mol. The number of carbonyl (C=O) groups excluding carboxylic acids is 4. The molecule has 9 nitrogen and oxygen atoms in total. The second-order valence-electron chi connectivity index (χ2n) is 10.8. The number of likely N-dealkylation sites (tertiary alicyclic amines) is 1. The lowest BCUT2D eigenvalue weighted by Gasteiger charge is -2.31. The maximum Gasteiger partial charge on any atom is 0.240 e. The van der Waals surface area contributed by atoms with E-state index in [2.05, 4.69) is 10.4 Å². The zero-order valence-corrected chi connectivity index (χ0v) is 24.6. The van der Waals surface area contributed by atoms with Gasteiger partial charge in [0.05, 0.1) is 17.7 Å². The number of anilines is 1. The van der Waals surface area contributed by atoms with Gasteiger partial charge in [-0.3, -0.25) is 23.9 Å². The van der Waals surface area contributed by atoms with Gasteiger partial charge in [0, 0.05) is 52.4 Å². The van der Waals surface area contributed by atoms with Crippen molar-refractivity contribution in [3.05, 3.63) is 67.6 Å². The SMILES string of the molecule is CC(=O)Nc1ccc(C2C(C(=O)c3cc(C)sc3C)C(c3c(C)nn(C)c3Cl)N(C(=O)C3CC3)C2C(N)=O)cc1. The Morgan fingerprint density at radius 1 is 1.10 bits per heavy atom. The molecule has 4 atom stereocenters. The number of aryl methyl sites for hydroxylation is 4. The summed E-state index contributed by atoms with van der Waals surface area (Å²) in [5.74, 6) is -3.15. The Balaban J connectivity index is 1.76. The first-order valence-electron chi connectivity index (χ1n) is 13.2. The van der Waals surface area contributed by atoms with Gasteiger partial charge >= 0.3 is 0 Å². The summed E-state index contributed by atoms with van der Waals surface area (Å²) in [6.07, 6.45) is 1.43. The van der Waals surface area contributed by atoms with E-state index in [1.54, 1.807) is 38.2 Å². The number of thiophene rings is 1. The number of primary amides is 1. The number of benzene rings is 1. The molecule has 4 unspecified atom stereocenters. The number of hydrogen-bond donors (Lipinski definition) is 2. The van der Waals surface area contributed by atoms with Crippen molar-refractivity contribution >= 4 is 52.1 Å². The van der Waals surface area contributed by atoms with E-state index in [4.69, 9.17) is 17.3 Å². The Kier molecular flexibility index (Phi) is 7.35. The number of halogens is 1. The van der Waals surface area contributed by atoms with Gasteiger partial charge in [-0.1, -0.05) is 23.7 Å². The summed E-state index contributed by atoms with van der Waals surface area (Å²) < 4.78 is 1.52. The van der Waals surface area contributed by atoms with Crippen LogP contribution in [0.3, 0.4) is 0 Å². The van der Waals surface area contributed by atoms with E-state index in [1.165, 1.54) is 27.8 Å². The van der Waals surface area contributed by atoms with Crippen molar-refractivity contribution < 1.29 is 19.2 Å². The Bertz CT molecular complexity index is 1520. The van der Waals surface area contributed by atoms with Crippen LogP contribution in [-0.2, 0) is 21.4 Å². The summed E-state index contributed by atoms with van der Waals surface area (Å²) in [6.45, 7) is 7.04. The van der Waals surface area contributed by atoms with E-state index < -0.39 is 29.8 Å². The lowest BCUT2D eigenvalue weighted by atomic mass is 9.76. The summed E-state index contributed by atoms with van der Waals surface area (Å²) >= 11 is 8.32. The largest absolute Gasteiger partial charge is 0.368 e. The topological polar surface area (TPSA) is 127 Å². The predicted octanol–water partition coefficient (Wildman–Crippen LogP) is 4.45. The summed E-state index contributed by atoms with van der Waals surface area (Å²) in [6, 6.07) is 6.92. The predicted molar refractivity (Wildman–Crippen MR) is 153 cm³/mol. The molecule has 11 heteroatoms. The fourth-order valence-electron chi connectivity index (χ4n) is 6.09. The van der Waals surface area contributed by atoms with Crippen molar-refractivity contribution in [3.8, 4) is 0 Å². The molecule has 3 amide bonds. The third kappa shape index (κ3) is 4.83. The average molecular weight is 582 g/mol. The minimum Gasteiger partial charge on any atom is -0.368 e. The van der Waals surface area contributed by atoms with E-state index in [-0.39, 0.29) is 23.5 Å². The van der Waals surface area contributed by atoms with Gasteiger partial charge in [-0.05, 0) is 57.4 Å². The summed E-state index contributed by atoms with van der Waals surface area (Å²) in [4.78, 5) is 56.8. The van der Waals surface area contributed by atoms with Crippen LogP contribution in [0.5, 0.6) is 0 Å². The molecule has 5 rings (SSSR count). The lowest BCUT2D eigenvalue weighted by Crippen LogP contribution is -2.47. The molecular weight excluding hydrogens is 550 g/mol. The second kappa shape index (κ2) is 10.5. The van der Waals surface area contributed by atoms with E-state index >= 15 is 0 Å². The number of nitrogens with two attached hydrogens (primary N) is 1. The molecule has 0 bridgehead atoms. The molecular formula is C29H32ClN5O4S. The molecule has 1 aliphatic carbocycles. The smallest absolute Gasteiger partial charge is 0.240 e. The molecule has 40 heavy (non-hydrogen) atoms. The first-order chi connectivity index (χ1) is 18.9. The van der Waals surface area contributed by atoms with Gasteiger partial charge in [-0.15, -0.1) is 11.3 Å². The molecule has 1 aromatic carbocycles. The highest BCUT2D eigenvalue weighted by molar-refractivity contribution is 7.12. The molecule has 3 heterocycles. The van der Waals surface area contributed by atoms with Crippen LogP contribution in [-0.4, -0.2) is 44.2 Å². The number of hydrogen-bond acceptors (Lipinski definition) is 6. The number of carbonyl (C=O) groups is 4. The van der Waals surface area contributed by atoms with Crippen molar-refractivity contribution in [1.29, 1.82) is 0 Å². The van der Waals surface area contributed by atoms with Gasteiger partial charge in [-0.2, -0.15) is 5.10 Å². The highest BCUT2D eigenvalue weighted by Gasteiger charge is 2.59. The summed E-state index contributed by atoms with van der Waals surface area (Å²) in [7, 11) is 1.70. The normalized spacial score (nSPS) is 22.4. The second-order valence-corrected chi connectivity index (χ2v) is 12.6. The van der Waals surface area contributed by atoms with Crippen LogP contribution in [0.15, 0.2) is 30.3 Å². The number of ketones is 1. The Morgan fingerprint density at radius 2 is 1.75 bits per heavy atom. The maximum atomic E-state index is 14.6. The van der Waals surface area contributed by atoms with Crippen molar-refractivity contribution in [1.82, 2.24) is 14.7 Å². The zero-order valence-electron chi connectivity index (χ0n) is 23.0. The maximum absolute atomic E-state index is 14.6. The highest BCUT2D eigenvalue weighted by Crippen LogP contribution is 2.54. The number of nitrogens with zero attached hydrogens (tertiary/aromatic N) is 3. The van der Waals surface area contributed by atoms with E-state index in [0.717, 1.165) is 9.75 Å². The minimum atomic E-state index is -1.09. The summed E-state index contributed by atoms with van der Waals surface area (Å²) in [5, 5.41) is 7.53. The van der Waals surface area contributed by atoms with Crippen molar-refractivity contribution in [2.75, 3.05) is 5.32 Å². The molecule has 1 aliphatic heterocycles. The average Bonchev–Trinajstić information content (AvgIpc) is 3.53. The third-order valence-corrected chi connectivity index (χ3v) is 9.27. The molecule has 3 N–H and O–H groups in total. The van der Waals surface area contributed by atoms with Crippen LogP contribution in [0.2, 0.25) is 5.15 Å². The van der Waals surface area contributed by atoms with Gasteiger partial charge in [-0.25, -0.2) is 0 Å². The van der Waals surface area contributed by atoms with Gasteiger partial charge in [0.1, 0.15) is 11.2 Å². The van der Waals surface area contributed by atoms with E-state index in [9.17, 15) is 19.2 Å². The molecule has 0 spiro atoms. The highest BCUT2D eigenvalue weighted by atomic mass is 35.5. The Morgan fingerprint density at radius 3 is 2.23 bits per heavy atom. The first-order valence-corrected chi connectivity index (χ1v) is 14.4. The van der Waals surface area contributed by atoms with Crippen molar-refractivity contribution in [2.45, 2.75) is 58.5 Å². The van der Waals surface area contributed by atoms with Gasteiger partial charge in [0.25, 0.3) is 0 Å². The van der Waals surface area contributed by atoms with Crippen LogP contribution in [0.25, 0.3) is 0 Å². The minimum absolute atomic E-state index is 0.181. The van der Waals surface area contributed by atoms with Crippen molar-refractivity contribution in [3.63, 3.8) is 0 Å². The molecule has 2 fully saturated rings. The lowest BCUT2D eigenvalue weighted by molar-refractivity contribution is -0.140. The molecule has 1 saturated heterocycles. The number of aromatic nitrogens is 2. The fraction of sp³-hybridized carbons (Fsp3) is 0.414. The van der Waals surface area contributed by atoms with E-state index in [1.807, 2.05) is 19.9 Å². The van der Waals surface area contributed by atoms with Crippen LogP contribution in [0.1, 0.15) is 68.7 Å². The van der Waals surface area contributed by atoms with Crippen LogP contribution < -0.4 is 11.1 Å². The summed E-state index contributed by atoms with van der Waals surface area (Å²) in [5.41, 5.74) is 8.99. The Labute approximate surface area is 241 Å². The number of nitrogens with one attached hydrogen (secondary N) is 1. The molecule has 210 valence electrons. The molecule has 2 aliphatic rings. The quantitative estimate of drug-likeness (QED) is 0.399. The van der Waals surface area contributed by atoms with Gasteiger partial charge in [0.15, 0.2) is 5.78 Å². The van der Waals surface area contributed by atoms with Crippen molar-refractivity contribution in [2.24, 2.45) is 24.6 Å². The molecule has 3 aromatic rings. The van der Waals surface area contributed by atoms with E-state index in [0.29, 0.717) is 46.1 Å². The third-order valence-electron chi connectivity index (χ3n) is 7.86. The van der Waals surface area contributed by atoms with Gasteiger partial charge < -0.3 is 16.0 Å². The molecule has 1 saturated carbocycles. The molecule has 0 radical (unpaired) electrons. The number of amides is 3. The standard InChI is InChI=1S/C29H32ClN5O4S/c1-13-12-20(15(3)40-13)26(37)23-22(17-8-10-19(11-9-17)32-16(4)36)25(28(31)38)35(29(39)18-6-7-18)24(23)21-14(2)33-34(5)27(21)30/h8-12,18,22-25H,6-7H2,1-5H3,(H2,31,38)(H,32,36). The van der Waals surface area contributed by atoms with Gasteiger partial charge in [0.2, 0.25) is 17.7 Å². The van der Waals surface area contributed by atoms with Crippen LogP contribution in [0, 0.1) is 32.6 Å². The van der Waals surface area contributed by atoms with Crippen LogP contribution in [0.4, 0.5) is 5.69 Å². The molecule has 2 aromatic heterocycles. The first kappa shape index (κ1) is 28.0. The zero-order chi connectivity index (χ0) is 29.0. The number of Topliss-reactive ketones (excluding diaryl/α,β-unsaturated/α-hetero) is 1. The fourth-order valence-corrected chi connectivity index (χ4v) is 7.30.